The number of benzene rings is 1. The Kier molecular flexibility index (Phi) is 3.01. The van der Waals surface area contributed by atoms with Gasteiger partial charge in [0.25, 0.3) is 5.69 Å². The molecule has 0 aliphatic heterocycles. The van der Waals surface area contributed by atoms with E-state index in [1.54, 1.807) is 0 Å². The average molecular weight is 211 g/mol. The summed E-state index contributed by atoms with van der Waals surface area (Å²) in [6.45, 7) is 1.35. The number of carbonyl (C=O) groups is 1. The molecule has 6 nitrogen and oxygen atoms in total. The van der Waals surface area contributed by atoms with E-state index in [9.17, 15) is 20.0 Å². The third-order valence-electron chi connectivity index (χ3n) is 1.94. The van der Waals surface area contributed by atoms with E-state index in [1.165, 1.54) is 19.1 Å². The Hall–Kier alpha value is -1.95. The van der Waals surface area contributed by atoms with Crippen molar-refractivity contribution in [1.29, 1.82) is 0 Å². The molecule has 0 amide bonds. The van der Waals surface area contributed by atoms with E-state index in [0.717, 1.165) is 6.07 Å². The van der Waals surface area contributed by atoms with E-state index in [1.807, 2.05) is 0 Å². The first-order valence-corrected chi connectivity index (χ1v) is 4.13. The maximum absolute atomic E-state index is 10.8. The van der Waals surface area contributed by atoms with Crippen LogP contribution < -0.4 is 0 Å². The predicted molar refractivity (Wildman–Crippen MR) is 50.7 cm³/mol. The van der Waals surface area contributed by atoms with E-state index in [0.29, 0.717) is 0 Å². The molecule has 1 rings (SSSR count). The van der Waals surface area contributed by atoms with E-state index < -0.39 is 28.2 Å². The summed E-state index contributed by atoms with van der Waals surface area (Å²) >= 11 is 0. The fourth-order valence-corrected chi connectivity index (χ4v) is 1.29. The molecule has 15 heavy (non-hydrogen) atoms. The third kappa shape index (κ3) is 2.10. The van der Waals surface area contributed by atoms with Crippen molar-refractivity contribution < 1.29 is 19.9 Å². The predicted octanol–water partition coefficient (Wildman–Crippen LogP) is 1.35. The lowest BCUT2D eigenvalue weighted by molar-refractivity contribution is -0.385. The molecule has 1 aromatic rings. The van der Waals surface area contributed by atoms with Gasteiger partial charge in [0, 0.05) is 11.6 Å². The number of nitro groups is 1. The van der Waals surface area contributed by atoms with Crippen LogP contribution in [-0.2, 0) is 0 Å². The summed E-state index contributed by atoms with van der Waals surface area (Å²) in [5.74, 6) is -1.42. The molecular formula is C9H9NO5. The standard InChI is InChI=1S/C9H9NO5/c1-5(11)6-3-2-4-7(10(14)15)8(6)9(12)13/h2-5,11H,1H3,(H,12,13). The van der Waals surface area contributed by atoms with Crippen LogP contribution in [0.4, 0.5) is 5.69 Å². The van der Waals surface area contributed by atoms with Gasteiger partial charge in [-0.2, -0.15) is 0 Å². The van der Waals surface area contributed by atoms with Crippen LogP contribution in [0.3, 0.4) is 0 Å². The van der Waals surface area contributed by atoms with E-state index in [-0.39, 0.29) is 5.56 Å². The summed E-state index contributed by atoms with van der Waals surface area (Å²) in [6, 6.07) is 3.78. The fourth-order valence-electron chi connectivity index (χ4n) is 1.29. The highest BCUT2D eigenvalue weighted by molar-refractivity contribution is 5.94. The summed E-state index contributed by atoms with van der Waals surface area (Å²) in [6.07, 6.45) is -1.06. The monoisotopic (exact) mass is 211 g/mol. The molecule has 2 N–H and O–H groups in total. The number of carboxylic acid groups (broad SMARTS) is 1. The van der Waals surface area contributed by atoms with Crippen LogP contribution in [0, 0.1) is 10.1 Å². The van der Waals surface area contributed by atoms with Crippen molar-refractivity contribution in [2.45, 2.75) is 13.0 Å². The van der Waals surface area contributed by atoms with Crippen LogP contribution in [0.5, 0.6) is 0 Å². The molecule has 0 spiro atoms. The van der Waals surface area contributed by atoms with Crippen LogP contribution >= 0.6 is 0 Å². The van der Waals surface area contributed by atoms with Gasteiger partial charge in [0.1, 0.15) is 5.56 Å². The average Bonchev–Trinajstić information content (AvgIpc) is 2.16. The first-order chi connectivity index (χ1) is 6.95. The summed E-state index contributed by atoms with van der Waals surface area (Å²) in [7, 11) is 0. The lowest BCUT2D eigenvalue weighted by Gasteiger charge is -2.08. The molecular weight excluding hydrogens is 202 g/mol. The Bertz CT molecular complexity index is 413. The molecule has 0 radical (unpaired) electrons. The number of aliphatic hydroxyl groups is 1. The SMILES string of the molecule is CC(O)c1cccc([N+](=O)[O-])c1C(=O)O. The van der Waals surface area contributed by atoms with Gasteiger partial charge in [-0.1, -0.05) is 12.1 Å². The molecule has 80 valence electrons. The lowest BCUT2D eigenvalue weighted by atomic mass is 10.0. The Morgan fingerprint density at radius 2 is 2.13 bits per heavy atom. The second-order valence-electron chi connectivity index (χ2n) is 2.98. The van der Waals surface area contributed by atoms with Gasteiger partial charge in [0.15, 0.2) is 0 Å². The zero-order valence-corrected chi connectivity index (χ0v) is 7.88. The van der Waals surface area contributed by atoms with Crippen molar-refractivity contribution in [2.24, 2.45) is 0 Å². The topological polar surface area (TPSA) is 101 Å². The Balaban J connectivity index is 3.48. The number of hydrogen-bond donors (Lipinski definition) is 2. The van der Waals surface area contributed by atoms with E-state index >= 15 is 0 Å². The number of nitro benzene ring substituents is 1. The van der Waals surface area contributed by atoms with Crippen molar-refractivity contribution >= 4 is 11.7 Å². The molecule has 0 heterocycles. The van der Waals surface area contributed by atoms with Crippen LogP contribution in [-0.4, -0.2) is 21.1 Å². The van der Waals surface area contributed by atoms with Crippen LogP contribution in [0.25, 0.3) is 0 Å². The quantitative estimate of drug-likeness (QED) is 0.580. The first-order valence-electron chi connectivity index (χ1n) is 4.13. The highest BCUT2D eigenvalue weighted by Gasteiger charge is 2.24. The Morgan fingerprint density at radius 3 is 2.53 bits per heavy atom. The van der Waals surface area contributed by atoms with Crippen molar-refractivity contribution in [3.05, 3.63) is 39.4 Å². The molecule has 0 fully saturated rings. The smallest absolute Gasteiger partial charge is 0.343 e. The van der Waals surface area contributed by atoms with Gasteiger partial charge in [0.2, 0.25) is 0 Å². The molecule has 0 saturated carbocycles. The van der Waals surface area contributed by atoms with Crippen molar-refractivity contribution in [2.75, 3.05) is 0 Å². The highest BCUT2D eigenvalue weighted by Crippen LogP contribution is 2.26. The van der Waals surface area contributed by atoms with E-state index in [2.05, 4.69) is 0 Å². The van der Waals surface area contributed by atoms with E-state index in [4.69, 9.17) is 5.11 Å². The number of carboxylic acids is 1. The summed E-state index contributed by atoms with van der Waals surface area (Å²) < 4.78 is 0. The van der Waals surface area contributed by atoms with Gasteiger partial charge in [-0.3, -0.25) is 10.1 Å². The summed E-state index contributed by atoms with van der Waals surface area (Å²) in [5.41, 5.74) is -0.935. The summed E-state index contributed by atoms with van der Waals surface area (Å²) in [5, 5.41) is 28.7. The number of hydrogen-bond acceptors (Lipinski definition) is 4. The first kappa shape index (κ1) is 11.1. The maximum Gasteiger partial charge on any atom is 0.343 e. The van der Waals surface area contributed by atoms with Crippen molar-refractivity contribution in [3.63, 3.8) is 0 Å². The van der Waals surface area contributed by atoms with Gasteiger partial charge in [0.05, 0.1) is 11.0 Å². The normalized spacial score (nSPS) is 12.1. The highest BCUT2D eigenvalue weighted by atomic mass is 16.6. The molecule has 0 aliphatic carbocycles. The molecule has 0 aromatic heterocycles. The number of aliphatic hydroxyl groups excluding tert-OH is 1. The number of aromatic carboxylic acids is 1. The van der Waals surface area contributed by atoms with Crippen LogP contribution in [0.15, 0.2) is 18.2 Å². The van der Waals surface area contributed by atoms with Gasteiger partial charge in [-0.05, 0) is 6.92 Å². The van der Waals surface area contributed by atoms with Gasteiger partial charge >= 0.3 is 5.97 Å². The maximum atomic E-state index is 10.8. The van der Waals surface area contributed by atoms with Crippen LogP contribution in [0.2, 0.25) is 0 Å². The van der Waals surface area contributed by atoms with Crippen LogP contribution in [0.1, 0.15) is 28.9 Å². The minimum atomic E-state index is -1.42. The molecule has 1 aromatic carbocycles. The molecule has 1 unspecified atom stereocenters. The largest absolute Gasteiger partial charge is 0.477 e. The molecule has 0 saturated heterocycles. The second-order valence-corrected chi connectivity index (χ2v) is 2.98. The molecule has 6 heteroatoms. The lowest BCUT2D eigenvalue weighted by Crippen LogP contribution is -2.08. The zero-order valence-electron chi connectivity index (χ0n) is 7.88. The molecule has 0 aliphatic rings. The van der Waals surface area contributed by atoms with Crippen molar-refractivity contribution in [1.82, 2.24) is 0 Å². The fraction of sp³-hybridized carbons (Fsp3) is 0.222. The Labute approximate surface area is 84.9 Å². The zero-order chi connectivity index (χ0) is 11.6. The minimum absolute atomic E-state index is 0.0386. The number of nitrogens with zero attached hydrogens (tertiary/aromatic N) is 1. The van der Waals surface area contributed by atoms with Gasteiger partial charge < -0.3 is 10.2 Å². The Morgan fingerprint density at radius 1 is 1.53 bits per heavy atom. The minimum Gasteiger partial charge on any atom is -0.477 e. The van der Waals surface area contributed by atoms with Gasteiger partial charge in [-0.15, -0.1) is 0 Å². The number of rotatable bonds is 3. The van der Waals surface area contributed by atoms with Crippen molar-refractivity contribution in [3.8, 4) is 0 Å². The van der Waals surface area contributed by atoms with Gasteiger partial charge in [-0.25, -0.2) is 4.79 Å². The second kappa shape index (κ2) is 4.05. The molecule has 1 atom stereocenters. The third-order valence-corrected chi connectivity index (χ3v) is 1.94. The molecule has 0 bridgehead atoms. The summed E-state index contributed by atoms with van der Waals surface area (Å²) in [4.78, 5) is 20.6.